The lowest BCUT2D eigenvalue weighted by atomic mass is 9.95. The molecule has 0 saturated carbocycles. The molecule has 0 unspecified atom stereocenters. The zero-order valence-electron chi connectivity index (χ0n) is 24.4. The Bertz CT molecular complexity index is 2440. The minimum Gasteiger partial charge on any atom is -0.295 e. The summed E-state index contributed by atoms with van der Waals surface area (Å²) in [7, 11) is 3.62. The van der Waals surface area contributed by atoms with E-state index in [-0.39, 0.29) is 5.69 Å². The van der Waals surface area contributed by atoms with Gasteiger partial charge in [0.2, 0.25) is 0 Å². The van der Waals surface area contributed by atoms with Crippen molar-refractivity contribution in [3.05, 3.63) is 144 Å². The third-order valence-corrected chi connectivity index (χ3v) is 8.57. The Kier molecular flexibility index (Phi) is 5.98. The molecule has 6 aromatic carbocycles. The van der Waals surface area contributed by atoms with Crippen LogP contribution in [0, 0.1) is 0 Å². The molecule has 44 heavy (non-hydrogen) atoms. The van der Waals surface area contributed by atoms with E-state index in [1.807, 2.05) is 31.3 Å². The molecule has 0 radical (unpaired) electrons. The van der Waals surface area contributed by atoms with Crippen LogP contribution in [0.4, 0.5) is 0 Å². The van der Waals surface area contributed by atoms with E-state index in [0.29, 0.717) is 5.82 Å². The quantitative estimate of drug-likeness (QED) is 0.200. The Morgan fingerprint density at radius 2 is 1.16 bits per heavy atom. The first kappa shape index (κ1) is 25.9. The fourth-order valence-electron chi connectivity index (χ4n) is 6.27. The van der Waals surface area contributed by atoms with Gasteiger partial charge in [0.1, 0.15) is 0 Å². The SMILES string of the molecule is Cn1c(=O)n(C)c2cc(-c3cccc(-c4cc(-c5cccc6ccc7ccccc7c56)nc(-c5ccccc5)n4)c3)ccc21. The summed E-state index contributed by atoms with van der Waals surface area (Å²) in [5, 5.41) is 4.76. The van der Waals surface area contributed by atoms with Crippen LogP contribution in [0.2, 0.25) is 0 Å². The van der Waals surface area contributed by atoms with Crippen molar-refractivity contribution in [1.82, 2.24) is 19.1 Å². The molecule has 0 saturated heterocycles. The number of fused-ring (bicyclic) bond motifs is 4. The van der Waals surface area contributed by atoms with Gasteiger partial charge in [0.05, 0.1) is 22.4 Å². The largest absolute Gasteiger partial charge is 0.328 e. The fraction of sp³-hybridized carbons (Fsp3) is 0.0513. The summed E-state index contributed by atoms with van der Waals surface area (Å²) in [6.45, 7) is 0. The molecule has 210 valence electrons. The summed E-state index contributed by atoms with van der Waals surface area (Å²) in [5.41, 5.74) is 8.63. The molecule has 0 aliphatic heterocycles. The second-order valence-corrected chi connectivity index (χ2v) is 11.2. The minimum absolute atomic E-state index is 0.0333. The van der Waals surface area contributed by atoms with Crippen LogP contribution >= 0.6 is 0 Å². The summed E-state index contributed by atoms with van der Waals surface area (Å²) in [4.78, 5) is 22.8. The van der Waals surface area contributed by atoms with E-state index in [9.17, 15) is 4.79 Å². The number of hydrogen-bond acceptors (Lipinski definition) is 3. The molecule has 2 aromatic heterocycles. The fourth-order valence-corrected chi connectivity index (χ4v) is 6.27. The van der Waals surface area contributed by atoms with Crippen LogP contribution in [0.5, 0.6) is 0 Å². The molecule has 0 bridgehead atoms. The Balaban J connectivity index is 1.33. The standard InChI is InChI=1S/C39H28N4O/c1-42-35-21-20-29(23-36(35)43(2)39(42)44)28-14-8-15-30(22-28)33-24-34(41-38(40-33)27-11-4-3-5-12-27)32-17-9-13-26-19-18-25-10-6-7-16-31(25)37(26)32/h3-24H,1-2H3. The highest BCUT2D eigenvalue weighted by Crippen LogP contribution is 2.36. The third-order valence-electron chi connectivity index (χ3n) is 8.57. The first-order chi connectivity index (χ1) is 21.5. The summed E-state index contributed by atoms with van der Waals surface area (Å²) in [5.74, 6) is 0.682. The molecule has 0 spiro atoms. The molecule has 5 heteroatoms. The third kappa shape index (κ3) is 4.21. The summed E-state index contributed by atoms with van der Waals surface area (Å²) < 4.78 is 3.37. The minimum atomic E-state index is -0.0333. The van der Waals surface area contributed by atoms with E-state index in [2.05, 4.69) is 109 Å². The average molecular weight is 569 g/mol. The number of nitrogens with zero attached hydrogens (tertiary/aromatic N) is 4. The molecular weight excluding hydrogens is 540 g/mol. The molecule has 0 aliphatic carbocycles. The molecule has 8 rings (SSSR count). The van der Waals surface area contributed by atoms with Gasteiger partial charge in [0, 0.05) is 30.8 Å². The zero-order chi connectivity index (χ0) is 29.8. The van der Waals surface area contributed by atoms with Crippen LogP contribution in [0.15, 0.2) is 138 Å². The highest BCUT2D eigenvalue weighted by atomic mass is 16.1. The highest BCUT2D eigenvalue weighted by Gasteiger charge is 2.15. The van der Waals surface area contributed by atoms with Gasteiger partial charge in [-0.2, -0.15) is 0 Å². The Hall–Kier alpha value is -5.81. The lowest BCUT2D eigenvalue weighted by molar-refractivity contribution is 0.795. The summed E-state index contributed by atoms with van der Waals surface area (Å²) in [6.07, 6.45) is 0. The van der Waals surface area contributed by atoms with Gasteiger partial charge >= 0.3 is 5.69 Å². The van der Waals surface area contributed by atoms with Crippen molar-refractivity contribution in [3.8, 4) is 45.0 Å². The molecule has 8 aromatic rings. The number of aryl methyl sites for hydroxylation is 2. The van der Waals surface area contributed by atoms with Gasteiger partial charge in [-0.15, -0.1) is 0 Å². The number of aromatic nitrogens is 4. The molecule has 0 atom stereocenters. The van der Waals surface area contributed by atoms with Crippen LogP contribution in [0.25, 0.3) is 77.6 Å². The van der Waals surface area contributed by atoms with Crippen molar-refractivity contribution in [2.75, 3.05) is 0 Å². The van der Waals surface area contributed by atoms with Crippen LogP contribution in [-0.4, -0.2) is 19.1 Å². The van der Waals surface area contributed by atoms with Crippen LogP contribution in [0.3, 0.4) is 0 Å². The van der Waals surface area contributed by atoms with Crippen LogP contribution < -0.4 is 5.69 Å². The number of hydrogen-bond donors (Lipinski definition) is 0. The van der Waals surface area contributed by atoms with Gasteiger partial charge in [0.15, 0.2) is 5.82 Å². The smallest absolute Gasteiger partial charge is 0.295 e. The predicted molar refractivity (Wildman–Crippen MR) is 181 cm³/mol. The normalized spacial score (nSPS) is 11.5. The lowest BCUT2D eigenvalue weighted by Gasteiger charge is -2.13. The predicted octanol–water partition coefficient (Wildman–Crippen LogP) is 8.64. The molecule has 0 aliphatic rings. The van der Waals surface area contributed by atoms with Gasteiger partial charge in [-0.1, -0.05) is 109 Å². The Labute approximate surface area is 254 Å². The number of rotatable bonds is 4. The van der Waals surface area contributed by atoms with Crippen LogP contribution in [0.1, 0.15) is 0 Å². The van der Waals surface area contributed by atoms with Gasteiger partial charge in [-0.25, -0.2) is 14.8 Å². The highest BCUT2D eigenvalue weighted by molar-refractivity contribution is 6.14. The van der Waals surface area contributed by atoms with Crippen molar-refractivity contribution in [1.29, 1.82) is 0 Å². The molecule has 0 fully saturated rings. The van der Waals surface area contributed by atoms with Crippen molar-refractivity contribution in [3.63, 3.8) is 0 Å². The van der Waals surface area contributed by atoms with E-state index < -0.39 is 0 Å². The Morgan fingerprint density at radius 3 is 2.05 bits per heavy atom. The number of benzene rings is 6. The first-order valence-electron chi connectivity index (χ1n) is 14.7. The lowest BCUT2D eigenvalue weighted by Crippen LogP contribution is -2.19. The average Bonchev–Trinajstić information content (AvgIpc) is 3.31. The molecule has 0 N–H and O–H groups in total. The van der Waals surface area contributed by atoms with Crippen LogP contribution in [-0.2, 0) is 14.1 Å². The maximum atomic E-state index is 12.5. The summed E-state index contributed by atoms with van der Waals surface area (Å²) >= 11 is 0. The maximum absolute atomic E-state index is 12.5. The van der Waals surface area contributed by atoms with Crippen molar-refractivity contribution < 1.29 is 0 Å². The van der Waals surface area contributed by atoms with Gasteiger partial charge in [0.25, 0.3) is 0 Å². The monoisotopic (exact) mass is 568 g/mol. The van der Waals surface area contributed by atoms with Crippen molar-refractivity contribution >= 4 is 32.6 Å². The topological polar surface area (TPSA) is 52.7 Å². The van der Waals surface area contributed by atoms with E-state index in [1.54, 1.807) is 16.2 Å². The van der Waals surface area contributed by atoms with Gasteiger partial charge in [-0.3, -0.25) is 9.13 Å². The Morgan fingerprint density at radius 1 is 0.500 bits per heavy atom. The van der Waals surface area contributed by atoms with E-state index in [4.69, 9.17) is 9.97 Å². The molecule has 0 amide bonds. The first-order valence-corrected chi connectivity index (χ1v) is 14.7. The van der Waals surface area contributed by atoms with E-state index in [0.717, 1.165) is 50.2 Å². The number of imidazole rings is 1. The second kappa shape index (κ2) is 10.2. The molecule has 5 nitrogen and oxygen atoms in total. The zero-order valence-corrected chi connectivity index (χ0v) is 24.4. The second-order valence-electron chi connectivity index (χ2n) is 11.2. The van der Waals surface area contributed by atoms with E-state index >= 15 is 0 Å². The maximum Gasteiger partial charge on any atom is 0.328 e. The molecular formula is C39H28N4O. The van der Waals surface area contributed by atoms with Crippen molar-refractivity contribution in [2.45, 2.75) is 0 Å². The molecule has 2 heterocycles. The van der Waals surface area contributed by atoms with Gasteiger partial charge < -0.3 is 0 Å². The van der Waals surface area contributed by atoms with Crippen molar-refractivity contribution in [2.24, 2.45) is 14.1 Å². The summed E-state index contributed by atoms with van der Waals surface area (Å²) in [6, 6.07) is 46.1. The van der Waals surface area contributed by atoms with E-state index in [1.165, 1.54) is 21.5 Å². The van der Waals surface area contributed by atoms with Gasteiger partial charge in [-0.05, 0) is 56.9 Å².